The predicted octanol–water partition coefficient (Wildman–Crippen LogP) is -2.55. The molecule has 0 saturated heterocycles. The number of Topliss-reactive ketones (excluding diaryl/α,β-unsaturated/α-hetero) is 1. The van der Waals surface area contributed by atoms with Crippen LogP contribution in [0.1, 0.15) is 20.8 Å². The van der Waals surface area contributed by atoms with Crippen molar-refractivity contribution in [3.05, 3.63) is 0 Å². The van der Waals surface area contributed by atoms with Gasteiger partial charge in [-0.15, -0.1) is 0 Å². The van der Waals surface area contributed by atoms with E-state index in [1.165, 1.54) is 0 Å². The first-order valence-corrected chi connectivity index (χ1v) is 8.83. The minimum atomic E-state index is -1.85. The maximum absolute atomic E-state index is 11.7. The van der Waals surface area contributed by atoms with Gasteiger partial charge in [-0.2, -0.15) is 0 Å². The second-order valence-electron chi connectivity index (χ2n) is 4.63. The second-order valence-corrected chi connectivity index (χ2v) is 6.19. The molecule has 0 amide bonds. The van der Waals surface area contributed by atoms with E-state index in [1.54, 1.807) is 20.8 Å². The molecule has 0 bridgehead atoms. The van der Waals surface area contributed by atoms with Crippen LogP contribution in [0.4, 0.5) is 0 Å². The molecule has 3 atom stereocenters. The highest BCUT2D eigenvalue weighted by Crippen LogP contribution is 2.15. The monoisotopic (exact) mass is 356 g/mol. The molecular weight excluding hydrogens is 328 g/mol. The van der Waals surface area contributed by atoms with E-state index in [9.17, 15) is 20.1 Å². The number of hydrogen-bond acceptors (Lipinski definition) is 9. The third-order valence-electron chi connectivity index (χ3n) is 2.85. The summed E-state index contributed by atoms with van der Waals surface area (Å²) in [6.45, 7) is 5.02. The van der Waals surface area contributed by atoms with Crippen LogP contribution in [0.5, 0.6) is 0 Å². The maximum atomic E-state index is 11.7. The van der Waals surface area contributed by atoms with Crippen molar-refractivity contribution in [1.82, 2.24) is 0 Å². The SMILES string of the molecule is CCOC(OCC)(OCC)[SiH2]OCC(=O)[C@H](O)[C@@H](O)[C@H](O)CO. The van der Waals surface area contributed by atoms with Gasteiger partial charge in [0.05, 0.1) is 13.2 Å². The van der Waals surface area contributed by atoms with Crippen LogP contribution in [-0.2, 0) is 23.4 Å². The van der Waals surface area contributed by atoms with Crippen LogP contribution in [0.15, 0.2) is 0 Å². The average Bonchev–Trinajstić information content (AvgIpc) is 2.53. The van der Waals surface area contributed by atoms with Crippen molar-refractivity contribution in [2.75, 3.05) is 33.0 Å². The first kappa shape index (κ1) is 22.6. The third-order valence-corrected chi connectivity index (χ3v) is 4.22. The van der Waals surface area contributed by atoms with Gasteiger partial charge >= 0.3 is 0 Å². The number of aliphatic hydroxyl groups is 4. The lowest BCUT2D eigenvalue weighted by molar-refractivity contribution is -0.327. The number of rotatable bonds is 14. The zero-order valence-electron chi connectivity index (χ0n) is 13.8. The summed E-state index contributed by atoms with van der Waals surface area (Å²) in [6, 6.07) is 0. The first-order chi connectivity index (χ1) is 10.9. The van der Waals surface area contributed by atoms with Gasteiger partial charge < -0.3 is 39.1 Å². The average molecular weight is 356 g/mol. The molecule has 0 saturated carbocycles. The van der Waals surface area contributed by atoms with Crippen LogP contribution >= 0.6 is 0 Å². The molecular formula is C13H28O9Si. The number of ketones is 1. The largest absolute Gasteiger partial charge is 0.407 e. The predicted molar refractivity (Wildman–Crippen MR) is 82.2 cm³/mol. The molecule has 138 valence electrons. The topological polar surface area (TPSA) is 135 Å². The molecule has 0 spiro atoms. The molecule has 0 aliphatic carbocycles. The molecule has 0 aliphatic rings. The van der Waals surface area contributed by atoms with Crippen molar-refractivity contribution in [1.29, 1.82) is 0 Å². The molecule has 0 fully saturated rings. The summed E-state index contributed by atoms with van der Waals surface area (Å²) < 4.78 is 21.7. The molecule has 9 nitrogen and oxygen atoms in total. The summed E-state index contributed by atoms with van der Waals surface area (Å²) in [7, 11) is -1.63. The van der Waals surface area contributed by atoms with Crippen LogP contribution < -0.4 is 0 Å². The number of aliphatic hydroxyl groups excluding tert-OH is 4. The number of hydrogen-bond donors (Lipinski definition) is 4. The van der Waals surface area contributed by atoms with Crippen LogP contribution in [0.3, 0.4) is 0 Å². The van der Waals surface area contributed by atoms with Crippen molar-refractivity contribution in [3.63, 3.8) is 0 Å². The summed E-state index contributed by atoms with van der Waals surface area (Å²) in [5, 5.41) is 37.0. The summed E-state index contributed by atoms with van der Waals surface area (Å²) in [5.41, 5.74) is -1.31. The second kappa shape index (κ2) is 12.0. The standard InChI is InChI=1S/C13H28O9Si/c1-4-19-13(20-5-2,21-6-3)23-22-8-10(16)12(18)11(17)9(15)7-14/h9,11-12,14-15,17-18H,4-8,23H2,1-3H3/t9-,11+,12+/m1/s1. The van der Waals surface area contributed by atoms with Gasteiger partial charge in [-0.25, -0.2) is 0 Å². The highest BCUT2D eigenvalue weighted by atomic mass is 28.2. The number of ether oxygens (including phenoxy) is 3. The summed E-state index contributed by atoms with van der Waals surface area (Å²) >= 11 is 0. The van der Waals surface area contributed by atoms with E-state index in [4.69, 9.17) is 23.7 Å². The van der Waals surface area contributed by atoms with Crippen molar-refractivity contribution >= 4 is 15.5 Å². The smallest absolute Gasteiger partial charge is 0.279 e. The van der Waals surface area contributed by atoms with Crippen LogP contribution in [-0.4, -0.2) is 92.9 Å². The van der Waals surface area contributed by atoms with Gasteiger partial charge in [0, 0.05) is 19.8 Å². The Balaban J connectivity index is 4.54. The molecule has 4 N–H and O–H groups in total. The van der Waals surface area contributed by atoms with Gasteiger partial charge in [0.15, 0.2) is 5.78 Å². The molecule has 0 heterocycles. The van der Waals surface area contributed by atoms with Crippen molar-refractivity contribution in [3.8, 4) is 0 Å². The van der Waals surface area contributed by atoms with E-state index in [1.807, 2.05) is 0 Å². The summed E-state index contributed by atoms with van der Waals surface area (Å²) in [5.74, 6) is -0.823. The lowest BCUT2D eigenvalue weighted by Gasteiger charge is -2.31. The van der Waals surface area contributed by atoms with E-state index in [2.05, 4.69) is 0 Å². The van der Waals surface area contributed by atoms with E-state index >= 15 is 0 Å². The van der Waals surface area contributed by atoms with Gasteiger partial charge in [0.25, 0.3) is 15.4 Å². The Morgan fingerprint density at radius 3 is 1.91 bits per heavy atom. The lowest BCUT2D eigenvalue weighted by atomic mass is 10.1. The maximum Gasteiger partial charge on any atom is 0.279 e. The zero-order valence-corrected chi connectivity index (χ0v) is 15.2. The van der Waals surface area contributed by atoms with E-state index in [-0.39, 0.29) is 0 Å². The molecule has 0 aromatic rings. The first-order valence-electron chi connectivity index (χ1n) is 7.54. The van der Waals surface area contributed by atoms with Gasteiger partial charge in [0.2, 0.25) is 0 Å². The Morgan fingerprint density at radius 1 is 1.04 bits per heavy atom. The minimum absolute atomic E-state index is 0.328. The Labute approximate surface area is 138 Å². The molecule has 0 rings (SSSR count). The molecule has 0 aromatic carbocycles. The summed E-state index contributed by atoms with van der Waals surface area (Å²) in [4.78, 5) is 11.7. The highest BCUT2D eigenvalue weighted by molar-refractivity contribution is 6.30. The van der Waals surface area contributed by atoms with E-state index in [0.717, 1.165) is 0 Å². The summed E-state index contributed by atoms with van der Waals surface area (Å²) in [6.07, 6.45) is -5.25. The Bertz CT molecular complexity index is 312. The Morgan fingerprint density at radius 2 is 1.52 bits per heavy atom. The minimum Gasteiger partial charge on any atom is -0.407 e. The van der Waals surface area contributed by atoms with Crippen molar-refractivity contribution < 1.29 is 43.9 Å². The molecule has 0 unspecified atom stereocenters. The lowest BCUT2D eigenvalue weighted by Crippen LogP contribution is -2.48. The van der Waals surface area contributed by atoms with E-state index in [0.29, 0.717) is 19.8 Å². The van der Waals surface area contributed by atoms with Gasteiger partial charge in [-0.05, 0) is 20.8 Å². The normalized spacial score (nSPS) is 16.7. The number of carbonyl (C=O) groups excluding carboxylic acids is 1. The van der Waals surface area contributed by atoms with Crippen molar-refractivity contribution in [2.45, 2.75) is 44.7 Å². The highest BCUT2D eigenvalue weighted by Gasteiger charge is 2.35. The Kier molecular flexibility index (Phi) is 11.8. The van der Waals surface area contributed by atoms with Crippen molar-refractivity contribution in [2.24, 2.45) is 0 Å². The fraction of sp³-hybridized carbons (Fsp3) is 0.923. The van der Waals surface area contributed by atoms with Crippen LogP contribution in [0.25, 0.3) is 0 Å². The Hall–Kier alpha value is -0.433. The molecule has 10 heteroatoms. The van der Waals surface area contributed by atoms with E-state index < -0.39 is 52.7 Å². The van der Waals surface area contributed by atoms with Crippen LogP contribution in [0, 0.1) is 0 Å². The van der Waals surface area contributed by atoms with Gasteiger partial charge in [-0.1, -0.05) is 0 Å². The fourth-order valence-electron chi connectivity index (χ4n) is 1.78. The van der Waals surface area contributed by atoms with Crippen LogP contribution in [0.2, 0.25) is 0 Å². The third kappa shape index (κ3) is 7.79. The van der Waals surface area contributed by atoms with Gasteiger partial charge in [-0.3, -0.25) is 4.79 Å². The van der Waals surface area contributed by atoms with Gasteiger partial charge in [0.1, 0.15) is 18.3 Å². The fourth-order valence-corrected chi connectivity index (χ4v) is 3.20. The zero-order chi connectivity index (χ0) is 17.9. The number of carbonyl (C=O) groups is 1. The molecule has 23 heavy (non-hydrogen) atoms. The molecule has 0 aliphatic heterocycles. The molecule has 0 radical (unpaired) electrons. The quantitative estimate of drug-likeness (QED) is 0.196. The molecule has 0 aromatic heterocycles.